The third-order valence-corrected chi connectivity index (χ3v) is 5.46. The number of aliphatic hydroxyl groups excluding tert-OH is 1. The smallest absolute Gasteiger partial charge is 0.128 e. The maximum Gasteiger partial charge on any atom is 0.128 e. The quantitative estimate of drug-likeness (QED) is 0.905. The highest BCUT2D eigenvalue weighted by Gasteiger charge is 2.32. The van der Waals surface area contributed by atoms with Gasteiger partial charge >= 0.3 is 0 Å². The highest BCUT2D eigenvalue weighted by atomic mass is 19.1. The minimum atomic E-state index is -0.154. The van der Waals surface area contributed by atoms with Crippen LogP contribution in [0.2, 0.25) is 0 Å². The Bertz CT molecular complexity index is 661. The third kappa shape index (κ3) is 3.65. The molecule has 2 aromatic rings. The molecule has 0 amide bonds. The molecule has 0 bridgehead atoms. The first-order valence-corrected chi connectivity index (χ1v) is 8.68. The van der Waals surface area contributed by atoms with E-state index in [-0.39, 0.29) is 17.8 Å². The molecule has 3 rings (SSSR count). The second-order valence-corrected chi connectivity index (χ2v) is 6.83. The van der Waals surface area contributed by atoms with Crippen molar-refractivity contribution in [3.05, 3.63) is 54.1 Å². The second kappa shape index (κ2) is 7.41. The number of rotatable bonds is 5. The molecular weight excluding hydrogens is 303 g/mol. The average molecular weight is 328 g/mol. The van der Waals surface area contributed by atoms with Crippen molar-refractivity contribution in [2.45, 2.75) is 32.7 Å². The number of benzene rings is 1. The normalized spacial score (nSPS) is 17.8. The van der Waals surface area contributed by atoms with E-state index in [9.17, 15) is 9.50 Å². The van der Waals surface area contributed by atoms with Gasteiger partial charge in [0.15, 0.2) is 0 Å². The lowest BCUT2D eigenvalue weighted by Gasteiger charge is -2.40. The Morgan fingerprint density at radius 3 is 2.42 bits per heavy atom. The van der Waals surface area contributed by atoms with Gasteiger partial charge in [-0.1, -0.05) is 19.1 Å². The molecule has 3 nitrogen and oxygen atoms in total. The van der Waals surface area contributed by atoms with Crippen molar-refractivity contribution in [2.24, 2.45) is 5.41 Å². The molecule has 128 valence electrons. The summed E-state index contributed by atoms with van der Waals surface area (Å²) in [7, 11) is 0. The third-order valence-electron chi connectivity index (χ3n) is 5.46. The van der Waals surface area contributed by atoms with E-state index in [1.807, 2.05) is 24.3 Å². The molecular formula is C20H25FN2O. The summed E-state index contributed by atoms with van der Waals surface area (Å²) < 4.78 is 14.5. The summed E-state index contributed by atoms with van der Waals surface area (Å²) in [6, 6.07) is 9.25. The Balaban J connectivity index is 1.67. The molecule has 1 aliphatic heterocycles. The fraction of sp³-hybridized carbons (Fsp3) is 0.450. The van der Waals surface area contributed by atoms with Gasteiger partial charge in [-0.25, -0.2) is 4.39 Å². The lowest BCUT2D eigenvalue weighted by Crippen LogP contribution is -2.41. The van der Waals surface area contributed by atoms with E-state index >= 15 is 0 Å². The SMILES string of the molecule is CCC1(CO)CCN(Cc2ccc(-c3ccncc3)cc2F)CC1. The molecule has 0 spiro atoms. The summed E-state index contributed by atoms with van der Waals surface area (Å²) in [5, 5.41) is 9.62. The molecule has 1 aliphatic rings. The Morgan fingerprint density at radius 2 is 1.83 bits per heavy atom. The van der Waals surface area contributed by atoms with E-state index in [0.29, 0.717) is 6.54 Å². The number of piperidine rings is 1. The van der Waals surface area contributed by atoms with E-state index in [0.717, 1.165) is 49.0 Å². The van der Waals surface area contributed by atoms with Crippen LogP contribution in [0.15, 0.2) is 42.7 Å². The molecule has 0 unspecified atom stereocenters. The zero-order valence-corrected chi connectivity index (χ0v) is 14.2. The zero-order chi connectivity index (χ0) is 17.0. The van der Waals surface area contributed by atoms with Crippen LogP contribution in [0.4, 0.5) is 4.39 Å². The molecule has 24 heavy (non-hydrogen) atoms. The molecule has 1 aromatic carbocycles. The lowest BCUT2D eigenvalue weighted by molar-refractivity contribution is 0.0379. The average Bonchev–Trinajstić information content (AvgIpc) is 2.65. The van der Waals surface area contributed by atoms with Gasteiger partial charge < -0.3 is 5.11 Å². The van der Waals surface area contributed by atoms with Crippen LogP contribution in [-0.2, 0) is 6.54 Å². The van der Waals surface area contributed by atoms with Gasteiger partial charge in [0, 0.05) is 31.1 Å². The van der Waals surface area contributed by atoms with E-state index in [4.69, 9.17) is 0 Å². The highest BCUT2D eigenvalue weighted by Crippen LogP contribution is 2.34. The summed E-state index contributed by atoms with van der Waals surface area (Å²) in [5.41, 5.74) is 2.66. The summed E-state index contributed by atoms with van der Waals surface area (Å²) in [6.07, 6.45) is 6.41. The molecule has 2 heterocycles. The molecule has 0 radical (unpaired) electrons. The van der Waals surface area contributed by atoms with Crippen molar-refractivity contribution in [3.63, 3.8) is 0 Å². The van der Waals surface area contributed by atoms with Crippen LogP contribution in [0.25, 0.3) is 11.1 Å². The maximum absolute atomic E-state index is 14.5. The van der Waals surface area contributed by atoms with Crippen LogP contribution in [0.3, 0.4) is 0 Å². The number of hydrogen-bond donors (Lipinski definition) is 1. The first-order chi connectivity index (χ1) is 11.7. The molecule has 1 saturated heterocycles. The first-order valence-electron chi connectivity index (χ1n) is 8.68. The molecule has 0 aliphatic carbocycles. The second-order valence-electron chi connectivity index (χ2n) is 6.83. The lowest BCUT2D eigenvalue weighted by atomic mass is 9.77. The van der Waals surface area contributed by atoms with Crippen LogP contribution in [0.1, 0.15) is 31.7 Å². The van der Waals surface area contributed by atoms with E-state index in [1.165, 1.54) is 0 Å². The first kappa shape index (κ1) is 17.1. The number of aromatic nitrogens is 1. The fourth-order valence-corrected chi connectivity index (χ4v) is 3.45. The van der Waals surface area contributed by atoms with Crippen LogP contribution in [-0.4, -0.2) is 34.7 Å². The monoisotopic (exact) mass is 328 g/mol. The van der Waals surface area contributed by atoms with Gasteiger partial charge in [0.05, 0.1) is 0 Å². The minimum Gasteiger partial charge on any atom is -0.396 e. The molecule has 1 fully saturated rings. The number of aliphatic hydroxyl groups is 1. The van der Waals surface area contributed by atoms with E-state index in [2.05, 4.69) is 16.8 Å². The van der Waals surface area contributed by atoms with Crippen molar-refractivity contribution in [1.29, 1.82) is 0 Å². The predicted molar refractivity (Wildman–Crippen MR) is 94.0 cm³/mol. The maximum atomic E-state index is 14.5. The van der Waals surface area contributed by atoms with Crippen molar-refractivity contribution < 1.29 is 9.50 Å². The number of likely N-dealkylation sites (tertiary alicyclic amines) is 1. The van der Waals surface area contributed by atoms with Crippen LogP contribution < -0.4 is 0 Å². The Labute approximate surface area is 143 Å². The van der Waals surface area contributed by atoms with Gasteiger partial charge in [0.2, 0.25) is 0 Å². The van der Waals surface area contributed by atoms with Gasteiger partial charge in [0.25, 0.3) is 0 Å². The van der Waals surface area contributed by atoms with Crippen molar-refractivity contribution in [2.75, 3.05) is 19.7 Å². The van der Waals surface area contributed by atoms with Crippen LogP contribution in [0.5, 0.6) is 0 Å². The van der Waals surface area contributed by atoms with Gasteiger partial charge in [-0.2, -0.15) is 0 Å². The number of hydrogen-bond acceptors (Lipinski definition) is 3. The van der Waals surface area contributed by atoms with Crippen molar-refractivity contribution >= 4 is 0 Å². The summed E-state index contributed by atoms with van der Waals surface area (Å²) >= 11 is 0. The van der Waals surface area contributed by atoms with Crippen molar-refractivity contribution in [3.8, 4) is 11.1 Å². The van der Waals surface area contributed by atoms with E-state index in [1.54, 1.807) is 18.5 Å². The standard InChI is InChI=1S/C20H25FN2O/c1-2-20(15-24)7-11-23(12-8-20)14-18-4-3-17(13-19(18)21)16-5-9-22-10-6-16/h3-6,9-10,13,24H,2,7-8,11-12,14-15H2,1H3. The zero-order valence-electron chi connectivity index (χ0n) is 14.2. The molecule has 0 saturated carbocycles. The topological polar surface area (TPSA) is 36.4 Å². The summed E-state index contributed by atoms with van der Waals surface area (Å²) in [5.74, 6) is -0.154. The number of pyridine rings is 1. The summed E-state index contributed by atoms with van der Waals surface area (Å²) in [4.78, 5) is 6.28. The van der Waals surface area contributed by atoms with Gasteiger partial charge in [-0.05, 0) is 67.1 Å². The Hall–Kier alpha value is -1.78. The molecule has 1 aromatic heterocycles. The van der Waals surface area contributed by atoms with Crippen LogP contribution >= 0.6 is 0 Å². The highest BCUT2D eigenvalue weighted by molar-refractivity contribution is 5.63. The van der Waals surface area contributed by atoms with Crippen LogP contribution in [0, 0.1) is 11.2 Å². The molecule has 1 N–H and O–H groups in total. The molecule has 0 atom stereocenters. The fourth-order valence-electron chi connectivity index (χ4n) is 3.45. The van der Waals surface area contributed by atoms with Crippen molar-refractivity contribution in [1.82, 2.24) is 9.88 Å². The number of nitrogens with zero attached hydrogens (tertiary/aromatic N) is 2. The predicted octanol–water partition coefficient (Wildman–Crippen LogP) is 3.87. The van der Waals surface area contributed by atoms with E-state index < -0.39 is 0 Å². The van der Waals surface area contributed by atoms with Gasteiger partial charge in [0.1, 0.15) is 5.82 Å². The molecule has 4 heteroatoms. The van der Waals surface area contributed by atoms with Gasteiger partial charge in [-0.3, -0.25) is 9.88 Å². The largest absolute Gasteiger partial charge is 0.396 e. The number of halogens is 1. The Morgan fingerprint density at radius 1 is 1.12 bits per heavy atom. The summed E-state index contributed by atoms with van der Waals surface area (Å²) in [6.45, 7) is 4.86. The minimum absolute atomic E-state index is 0.0697. The van der Waals surface area contributed by atoms with Gasteiger partial charge in [-0.15, -0.1) is 0 Å². The Kier molecular flexibility index (Phi) is 5.27.